The van der Waals surface area contributed by atoms with Gasteiger partial charge in [-0.25, -0.2) is 0 Å². The summed E-state index contributed by atoms with van der Waals surface area (Å²) in [5, 5.41) is 0. The molecule has 1 heteroatoms. The van der Waals surface area contributed by atoms with E-state index in [1.165, 1.54) is 64.6 Å². The van der Waals surface area contributed by atoms with Crippen molar-refractivity contribution in [1.82, 2.24) is 4.90 Å². The minimum absolute atomic E-state index is 1.01. The van der Waals surface area contributed by atoms with Gasteiger partial charge in [-0.2, -0.15) is 0 Å². The van der Waals surface area contributed by atoms with Crippen molar-refractivity contribution in [2.45, 2.75) is 58.8 Å². The van der Waals surface area contributed by atoms with Gasteiger partial charge >= 0.3 is 0 Å². The van der Waals surface area contributed by atoms with Gasteiger partial charge in [0.2, 0.25) is 0 Å². The van der Waals surface area contributed by atoms with Gasteiger partial charge in [0.1, 0.15) is 0 Å². The molecule has 2 aliphatic rings. The van der Waals surface area contributed by atoms with Gasteiger partial charge in [0.25, 0.3) is 0 Å². The fourth-order valence-corrected chi connectivity index (χ4v) is 3.75. The van der Waals surface area contributed by atoms with Crippen LogP contribution in [0.2, 0.25) is 0 Å². The fourth-order valence-electron chi connectivity index (χ4n) is 3.75. The Hall–Kier alpha value is -0.0400. The molecule has 1 saturated heterocycles. The Balaban J connectivity index is 1.80. The van der Waals surface area contributed by atoms with Crippen molar-refractivity contribution in [3.63, 3.8) is 0 Å². The molecule has 1 nitrogen and oxygen atoms in total. The Morgan fingerprint density at radius 1 is 1.00 bits per heavy atom. The summed E-state index contributed by atoms with van der Waals surface area (Å²) in [6.45, 7) is 8.85. The number of hydrogen-bond donors (Lipinski definition) is 0. The molecular weight excluding hydrogens is 194 g/mol. The summed E-state index contributed by atoms with van der Waals surface area (Å²) >= 11 is 0. The van der Waals surface area contributed by atoms with E-state index < -0.39 is 0 Å². The molecule has 0 amide bonds. The van der Waals surface area contributed by atoms with Crippen LogP contribution in [0.1, 0.15) is 58.8 Å². The zero-order chi connectivity index (χ0) is 11.4. The van der Waals surface area contributed by atoms with Crippen molar-refractivity contribution in [1.29, 1.82) is 0 Å². The van der Waals surface area contributed by atoms with E-state index in [0.717, 1.165) is 17.8 Å². The lowest BCUT2D eigenvalue weighted by Gasteiger charge is -2.39. The molecule has 1 atom stereocenters. The van der Waals surface area contributed by atoms with E-state index in [0.29, 0.717) is 0 Å². The van der Waals surface area contributed by atoms with Gasteiger partial charge in [0.05, 0.1) is 0 Å². The second kappa shape index (κ2) is 6.05. The number of piperidine rings is 1. The minimum Gasteiger partial charge on any atom is -0.303 e. The van der Waals surface area contributed by atoms with E-state index in [4.69, 9.17) is 0 Å². The predicted octanol–water partition coefficient (Wildman–Crippen LogP) is 3.93. The molecule has 0 spiro atoms. The van der Waals surface area contributed by atoms with Gasteiger partial charge in [-0.1, -0.05) is 26.7 Å². The Kier molecular flexibility index (Phi) is 4.69. The zero-order valence-electron chi connectivity index (χ0n) is 11.3. The topological polar surface area (TPSA) is 3.24 Å². The first kappa shape index (κ1) is 12.4. The molecule has 0 aromatic rings. The van der Waals surface area contributed by atoms with Crippen LogP contribution in [0, 0.1) is 17.8 Å². The molecule has 0 bridgehead atoms. The summed E-state index contributed by atoms with van der Waals surface area (Å²) in [7, 11) is 0. The van der Waals surface area contributed by atoms with Crippen molar-refractivity contribution >= 4 is 0 Å². The van der Waals surface area contributed by atoms with Gasteiger partial charge < -0.3 is 4.90 Å². The van der Waals surface area contributed by atoms with Crippen molar-refractivity contribution in [2.75, 3.05) is 19.6 Å². The van der Waals surface area contributed by atoms with Crippen LogP contribution in [0.15, 0.2) is 0 Å². The number of nitrogens with zero attached hydrogens (tertiary/aromatic N) is 1. The summed E-state index contributed by atoms with van der Waals surface area (Å²) in [4.78, 5) is 2.71. The van der Waals surface area contributed by atoms with E-state index in [2.05, 4.69) is 18.7 Å². The van der Waals surface area contributed by atoms with Gasteiger partial charge in [-0.3, -0.25) is 0 Å². The first-order valence-corrected chi connectivity index (χ1v) is 7.52. The number of rotatable bonds is 3. The molecule has 1 aliphatic heterocycles. The Bertz CT molecular complexity index is 192. The minimum atomic E-state index is 1.01. The summed E-state index contributed by atoms with van der Waals surface area (Å²) in [6.07, 6.45) is 10.3. The molecule has 1 heterocycles. The SMILES string of the molecule is CCCN1CCCC(C2CCC(C)CC2)C1. The monoisotopic (exact) mass is 223 g/mol. The molecule has 2 fully saturated rings. The first-order chi connectivity index (χ1) is 7.79. The van der Waals surface area contributed by atoms with E-state index in [1.807, 2.05) is 0 Å². The highest BCUT2D eigenvalue weighted by Crippen LogP contribution is 2.36. The highest BCUT2D eigenvalue weighted by atomic mass is 15.1. The average Bonchev–Trinajstić information content (AvgIpc) is 2.31. The van der Waals surface area contributed by atoms with Crippen LogP contribution in [-0.2, 0) is 0 Å². The van der Waals surface area contributed by atoms with Crippen molar-refractivity contribution in [2.24, 2.45) is 17.8 Å². The van der Waals surface area contributed by atoms with E-state index in [9.17, 15) is 0 Å². The summed E-state index contributed by atoms with van der Waals surface area (Å²) < 4.78 is 0. The third-order valence-electron chi connectivity index (χ3n) is 4.81. The van der Waals surface area contributed by atoms with Crippen LogP contribution in [0.4, 0.5) is 0 Å². The van der Waals surface area contributed by atoms with E-state index in [1.54, 1.807) is 0 Å². The Labute approximate surface area is 102 Å². The third-order valence-corrected chi connectivity index (χ3v) is 4.81. The Morgan fingerprint density at radius 2 is 1.75 bits per heavy atom. The maximum absolute atomic E-state index is 2.71. The highest BCUT2D eigenvalue weighted by Gasteiger charge is 2.29. The molecule has 1 aliphatic carbocycles. The van der Waals surface area contributed by atoms with Crippen molar-refractivity contribution in [3.05, 3.63) is 0 Å². The maximum Gasteiger partial charge on any atom is 0.00123 e. The lowest BCUT2D eigenvalue weighted by molar-refractivity contribution is 0.106. The standard InChI is InChI=1S/C15H29N/c1-3-10-16-11-4-5-15(12-16)14-8-6-13(2)7-9-14/h13-15H,3-12H2,1-2H3. The van der Waals surface area contributed by atoms with Crippen molar-refractivity contribution < 1.29 is 0 Å². The van der Waals surface area contributed by atoms with E-state index >= 15 is 0 Å². The van der Waals surface area contributed by atoms with Gasteiger partial charge in [0.15, 0.2) is 0 Å². The normalized spacial score (nSPS) is 37.5. The van der Waals surface area contributed by atoms with Gasteiger partial charge in [0, 0.05) is 6.54 Å². The van der Waals surface area contributed by atoms with Gasteiger partial charge in [-0.05, 0) is 62.9 Å². The lowest BCUT2D eigenvalue weighted by Crippen LogP contribution is -2.39. The summed E-state index contributed by atoms with van der Waals surface area (Å²) in [5.74, 6) is 3.11. The molecule has 16 heavy (non-hydrogen) atoms. The van der Waals surface area contributed by atoms with E-state index in [-0.39, 0.29) is 0 Å². The van der Waals surface area contributed by atoms with Crippen LogP contribution in [0.5, 0.6) is 0 Å². The molecule has 0 aromatic carbocycles. The molecular formula is C15H29N. The number of likely N-dealkylation sites (tertiary alicyclic amines) is 1. The second-order valence-corrected chi connectivity index (χ2v) is 6.22. The van der Waals surface area contributed by atoms with Crippen LogP contribution in [0.3, 0.4) is 0 Å². The highest BCUT2D eigenvalue weighted by molar-refractivity contribution is 4.81. The largest absolute Gasteiger partial charge is 0.303 e. The predicted molar refractivity (Wildman–Crippen MR) is 70.6 cm³/mol. The molecule has 1 saturated carbocycles. The van der Waals surface area contributed by atoms with Gasteiger partial charge in [-0.15, -0.1) is 0 Å². The summed E-state index contributed by atoms with van der Waals surface area (Å²) in [6, 6.07) is 0. The molecule has 0 N–H and O–H groups in total. The maximum atomic E-state index is 2.71. The smallest absolute Gasteiger partial charge is 0.00123 e. The molecule has 2 rings (SSSR count). The van der Waals surface area contributed by atoms with Crippen LogP contribution in [0.25, 0.3) is 0 Å². The zero-order valence-corrected chi connectivity index (χ0v) is 11.3. The molecule has 1 unspecified atom stereocenters. The lowest BCUT2D eigenvalue weighted by atomic mass is 9.74. The number of hydrogen-bond acceptors (Lipinski definition) is 1. The van der Waals surface area contributed by atoms with Crippen molar-refractivity contribution in [3.8, 4) is 0 Å². The first-order valence-electron chi connectivity index (χ1n) is 7.52. The third kappa shape index (κ3) is 3.23. The van der Waals surface area contributed by atoms with Crippen LogP contribution < -0.4 is 0 Å². The molecule has 0 radical (unpaired) electrons. The summed E-state index contributed by atoms with van der Waals surface area (Å²) in [5.41, 5.74) is 0. The fraction of sp³-hybridized carbons (Fsp3) is 1.00. The van der Waals surface area contributed by atoms with Crippen LogP contribution in [-0.4, -0.2) is 24.5 Å². The molecule has 94 valence electrons. The second-order valence-electron chi connectivity index (χ2n) is 6.22. The quantitative estimate of drug-likeness (QED) is 0.700. The molecule has 0 aromatic heterocycles. The van der Waals surface area contributed by atoms with Crippen LogP contribution >= 0.6 is 0 Å². The average molecular weight is 223 g/mol. The Morgan fingerprint density at radius 3 is 2.44 bits per heavy atom.